The van der Waals surface area contributed by atoms with Crippen LogP contribution in [0.3, 0.4) is 0 Å². The molecule has 0 atom stereocenters. The van der Waals surface area contributed by atoms with Gasteiger partial charge in [0.05, 0.1) is 7.11 Å². The average molecular weight is 195 g/mol. The fourth-order valence-corrected chi connectivity index (χ4v) is 0.863. The van der Waals surface area contributed by atoms with Crippen LogP contribution >= 0.6 is 0 Å². The lowest BCUT2D eigenvalue weighted by molar-refractivity contribution is -0.136. The average Bonchev–Trinajstić information content (AvgIpc) is 2.18. The zero-order valence-electron chi connectivity index (χ0n) is 7.49. The molecule has 3 nitrogen and oxygen atoms in total. The molecule has 14 heavy (non-hydrogen) atoms. The van der Waals surface area contributed by atoms with Crippen molar-refractivity contribution in [3.63, 3.8) is 0 Å². The molecule has 0 aliphatic rings. The van der Waals surface area contributed by atoms with Crippen LogP contribution in [-0.4, -0.2) is 18.9 Å². The molecular weight excluding hydrogens is 187 g/mol. The number of hydrogen-bond acceptors (Lipinski definition) is 3. The van der Waals surface area contributed by atoms with Gasteiger partial charge in [-0.25, -0.2) is 4.39 Å². The maximum Gasteiger partial charge on any atom is 0.317 e. The van der Waals surface area contributed by atoms with Crippen molar-refractivity contribution < 1.29 is 18.7 Å². The molecule has 0 saturated heterocycles. The van der Waals surface area contributed by atoms with Crippen molar-refractivity contribution in [3.8, 4) is 0 Å². The summed E-state index contributed by atoms with van der Waals surface area (Å²) in [5, 5.41) is 0. The second kappa shape index (κ2) is 4.50. The topological polar surface area (TPSA) is 43.4 Å². The first-order chi connectivity index (χ1) is 6.63. The molecule has 0 amide bonds. The van der Waals surface area contributed by atoms with Gasteiger partial charge in [0, 0.05) is 5.56 Å². The molecular formula is C10H8FO3. The summed E-state index contributed by atoms with van der Waals surface area (Å²) in [5.41, 5.74) is 0.247. The Morgan fingerprint density at radius 2 is 1.86 bits per heavy atom. The summed E-state index contributed by atoms with van der Waals surface area (Å²) in [4.78, 5) is 21.9. The van der Waals surface area contributed by atoms with Crippen molar-refractivity contribution in [1.29, 1.82) is 0 Å². The van der Waals surface area contributed by atoms with E-state index in [2.05, 4.69) is 4.74 Å². The summed E-state index contributed by atoms with van der Waals surface area (Å²) < 4.78 is 16.7. The number of Topliss-reactive ketones (excluding diaryl/α,β-unsaturated/α-hetero) is 1. The predicted octanol–water partition coefficient (Wildman–Crippen LogP) is 1.39. The molecule has 0 bridgehead atoms. The molecule has 1 aromatic carbocycles. The largest absolute Gasteiger partial charge is 0.468 e. The number of carbonyl (C=O) groups is 2. The summed E-state index contributed by atoms with van der Waals surface area (Å²) in [5.74, 6) is -1.66. The summed E-state index contributed by atoms with van der Waals surface area (Å²) in [6.07, 6.45) is 0.813. The fourth-order valence-electron chi connectivity index (χ4n) is 0.863. The SMILES string of the molecule is COC(=O)[CH]C(=O)c1ccc(F)cc1. The molecule has 0 aromatic heterocycles. The Hall–Kier alpha value is -1.71. The minimum Gasteiger partial charge on any atom is -0.468 e. The lowest BCUT2D eigenvalue weighted by atomic mass is 10.1. The first kappa shape index (κ1) is 10.4. The number of ketones is 1. The third-order valence-corrected chi connectivity index (χ3v) is 1.58. The summed E-state index contributed by atoms with van der Waals surface area (Å²) in [7, 11) is 1.18. The van der Waals surface area contributed by atoms with E-state index in [-0.39, 0.29) is 5.56 Å². The number of esters is 1. The zero-order chi connectivity index (χ0) is 10.6. The molecule has 1 aromatic rings. The van der Waals surface area contributed by atoms with E-state index < -0.39 is 17.6 Å². The minimum absolute atomic E-state index is 0.247. The summed E-state index contributed by atoms with van der Waals surface area (Å²) >= 11 is 0. The van der Waals surface area contributed by atoms with Crippen molar-refractivity contribution in [2.24, 2.45) is 0 Å². The van der Waals surface area contributed by atoms with E-state index in [4.69, 9.17) is 0 Å². The van der Waals surface area contributed by atoms with E-state index in [0.717, 1.165) is 18.6 Å². The number of halogens is 1. The van der Waals surface area contributed by atoms with Gasteiger partial charge in [0.1, 0.15) is 12.2 Å². The van der Waals surface area contributed by atoms with Crippen molar-refractivity contribution >= 4 is 11.8 Å². The molecule has 0 fully saturated rings. The van der Waals surface area contributed by atoms with Crippen LogP contribution in [0, 0.1) is 12.2 Å². The first-order valence-corrected chi connectivity index (χ1v) is 3.86. The Morgan fingerprint density at radius 1 is 1.29 bits per heavy atom. The van der Waals surface area contributed by atoms with Crippen LogP contribution in [0.2, 0.25) is 0 Å². The van der Waals surface area contributed by atoms with Crippen molar-refractivity contribution in [3.05, 3.63) is 42.1 Å². The third kappa shape index (κ3) is 2.65. The maximum atomic E-state index is 12.5. The van der Waals surface area contributed by atoms with Crippen LogP contribution in [0.5, 0.6) is 0 Å². The highest BCUT2D eigenvalue weighted by Crippen LogP contribution is 2.05. The maximum absolute atomic E-state index is 12.5. The molecule has 0 aliphatic heterocycles. The van der Waals surface area contributed by atoms with Gasteiger partial charge in [-0.2, -0.15) is 0 Å². The standard InChI is InChI=1S/C10H8FO3/c1-14-10(13)6-9(12)7-2-4-8(11)5-3-7/h2-6H,1H3. The van der Waals surface area contributed by atoms with E-state index in [1.54, 1.807) is 0 Å². The van der Waals surface area contributed by atoms with Gasteiger partial charge >= 0.3 is 5.97 Å². The minimum atomic E-state index is -0.723. The molecule has 1 radical (unpaired) electrons. The van der Waals surface area contributed by atoms with Gasteiger partial charge in [-0.05, 0) is 24.3 Å². The highest BCUT2D eigenvalue weighted by Gasteiger charge is 2.12. The van der Waals surface area contributed by atoms with Crippen LogP contribution in [0.4, 0.5) is 4.39 Å². The Kier molecular flexibility index (Phi) is 3.34. The Labute approximate surface area is 80.5 Å². The molecule has 0 aliphatic carbocycles. The number of hydrogen-bond donors (Lipinski definition) is 0. The van der Waals surface area contributed by atoms with E-state index in [1.807, 2.05) is 0 Å². The smallest absolute Gasteiger partial charge is 0.317 e. The Balaban J connectivity index is 2.70. The van der Waals surface area contributed by atoms with Crippen molar-refractivity contribution in [2.75, 3.05) is 7.11 Å². The number of ether oxygens (including phenoxy) is 1. The van der Waals surface area contributed by atoms with Crippen molar-refractivity contribution in [1.82, 2.24) is 0 Å². The number of rotatable bonds is 3. The third-order valence-electron chi connectivity index (χ3n) is 1.58. The molecule has 0 heterocycles. The first-order valence-electron chi connectivity index (χ1n) is 3.86. The zero-order valence-corrected chi connectivity index (χ0v) is 7.49. The monoisotopic (exact) mass is 195 g/mol. The van der Waals surface area contributed by atoms with E-state index in [9.17, 15) is 14.0 Å². The van der Waals surface area contributed by atoms with E-state index in [1.165, 1.54) is 19.2 Å². The van der Waals surface area contributed by atoms with Crippen LogP contribution in [0.15, 0.2) is 24.3 Å². The number of benzene rings is 1. The second-order valence-corrected chi connectivity index (χ2v) is 2.54. The molecule has 73 valence electrons. The van der Waals surface area contributed by atoms with Gasteiger partial charge < -0.3 is 4.74 Å². The number of methoxy groups -OCH3 is 1. The summed E-state index contributed by atoms with van der Waals surface area (Å²) in [6, 6.07) is 4.91. The predicted molar refractivity (Wildman–Crippen MR) is 47.0 cm³/mol. The molecule has 0 saturated carbocycles. The van der Waals surface area contributed by atoms with Crippen LogP contribution in [0.25, 0.3) is 0 Å². The van der Waals surface area contributed by atoms with Gasteiger partial charge in [0.15, 0.2) is 5.78 Å². The lowest BCUT2D eigenvalue weighted by Gasteiger charge is -1.98. The normalized spacial score (nSPS) is 9.57. The quantitative estimate of drug-likeness (QED) is 0.416. The molecule has 0 spiro atoms. The Bertz CT molecular complexity index is 343. The van der Waals surface area contributed by atoms with Crippen LogP contribution in [-0.2, 0) is 9.53 Å². The van der Waals surface area contributed by atoms with Crippen LogP contribution in [0.1, 0.15) is 10.4 Å². The van der Waals surface area contributed by atoms with E-state index >= 15 is 0 Å². The lowest BCUT2D eigenvalue weighted by Crippen LogP contribution is -2.10. The molecule has 1 rings (SSSR count). The van der Waals surface area contributed by atoms with Gasteiger partial charge in [-0.15, -0.1) is 0 Å². The van der Waals surface area contributed by atoms with Gasteiger partial charge in [-0.1, -0.05) is 0 Å². The summed E-state index contributed by atoms with van der Waals surface area (Å²) in [6.45, 7) is 0. The molecule has 4 heteroatoms. The highest BCUT2D eigenvalue weighted by atomic mass is 19.1. The number of carbonyl (C=O) groups excluding carboxylic acids is 2. The van der Waals surface area contributed by atoms with Crippen molar-refractivity contribution in [2.45, 2.75) is 0 Å². The second-order valence-electron chi connectivity index (χ2n) is 2.54. The highest BCUT2D eigenvalue weighted by molar-refractivity contribution is 6.15. The van der Waals surface area contributed by atoms with Crippen LogP contribution < -0.4 is 0 Å². The fraction of sp³-hybridized carbons (Fsp3) is 0.100. The van der Waals surface area contributed by atoms with E-state index in [0.29, 0.717) is 0 Å². The van der Waals surface area contributed by atoms with Gasteiger partial charge in [0.2, 0.25) is 0 Å². The van der Waals surface area contributed by atoms with Gasteiger partial charge in [-0.3, -0.25) is 9.59 Å². The Morgan fingerprint density at radius 3 is 2.36 bits per heavy atom. The molecule has 0 N–H and O–H groups in total. The van der Waals surface area contributed by atoms with Gasteiger partial charge in [0.25, 0.3) is 0 Å². The molecule has 0 unspecified atom stereocenters.